The Morgan fingerprint density at radius 2 is 1.90 bits per heavy atom. The minimum atomic E-state index is -0.354. The van der Waals surface area contributed by atoms with Crippen LogP contribution in [0, 0.1) is 19.7 Å². The molecule has 5 nitrogen and oxygen atoms in total. The Morgan fingerprint density at radius 3 is 2.55 bits per heavy atom. The summed E-state index contributed by atoms with van der Waals surface area (Å²) in [6.07, 6.45) is 0. The van der Waals surface area contributed by atoms with Crippen LogP contribution in [0.3, 0.4) is 0 Å². The number of nitrogens with zero attached hydrogens (tertiary/aromatic N) is 2. The number of halogens is 2. The number of rotatable bonds is 6. The number of thiocarbonyl (C=S) groups is 1. The lowest BCUT2D eigenvalue weighted by Gasteiger charge is -2.12. The van der Waals surface area contributed by atoms with E-state index in [4.69, 9.17) is 28.6 Å². The molecule has 0 saturated heterocycles. The van der Waals surface area contributed by atoms with Crippen molar-refractivity contribution in [3.05, 3.63) is 70.3 Å². The van der Waals surface area contributed by atoms with Crippen LogP contribution in [0.1, 0.15) is 23.9 Å². The molecule has 152 valence electrons. The van der Waals surface area contributed by atoms with Gasteiger partial charge in [-0.1, -0.05) is 17.7 Å². The molecule has 0 saturated carbocycles. The number of nitrogens with one attached hydrogen (secondary N) is 2. The molecule has 0 aliphatic heterocycles. The molecule has 0 bridgehead atoms. The van der Waals surface area contributed by atoms with Gasteiger partial charge in [-0.3, -0.25) is 4.68 Å². The van der Waals surface area contributed by atoms with Gasteiger partial charge in [-0.05, 0) is 69.4 Å². The molecule has 8 heteroatoms. The van der Waals surface area contributed by atoms with Crippen LogP contribution in [-0.2, 0) is 6.54 Å². The zero-order valence-corrected chi connectivity index (χ0v) is 18.0. The van der Waals surface area contributed by atoms with Gasteiger partial charge in [0.05, 0.1) is 30.2 Å². The second-order valence-electron chi connectivity index (χ2n) is 6.44. The number of aryl methyl sites for hydroxylation is 1. The van der Waals surface area contributed by atoms with Crippen LogP contribution < -0.4 is 15.4 Å². The lowest BCUT2D eigenvalue weighted by Crippen LogP contribution is -2.20. The summed E-state index contributed by atoms with van der Waals surface area (Å²) in [5, 5.41) is 11.6. The number of ether oxygens (including phenoxy) is 1. The van der Waals surface area contributed by atoms with E-state index in [-0.39, 0.29) is 12.4 Å². The van der Waals surface area contributed by atoms with E-state index in [9.17, 15) is 4.39 Å². The van der Waals surface area contributed by atoms with Gasteiger partial charge in [0.25, 0.3) is 0 Å². The monoisotopic (exact) mass is 432 g/mol. The molecule has 2 aromatic carbocycles. The van der Waals surface area contributed by atoms with Crippen molar-refractivity contribution in [2.75, 3.05) is 17.2 Å². The summed E-state index contributed by atoms with van der Waals surface area (Å²) >= 11 is 11.6. The summed E-state index contributed by atoms with van der Waals surface area (Å²) in [5.41, 5.74) is 3.61. The van der Waals surface area contributed by atoms with Gasteiger partial charge in [0.15, 0.2) is 5.11 Å². The molecule has 0 radical (unpaired) electrons. The third kappa shape index (κ3) is 5.05. The Hall–Kier alpha value is -2.64. The van der Waals surface area contributed by atoms with Gasteiger partial charge in [-0.15, -0.1) is 0 Å². The van der Waals surface area contributed by atoms with Crippen LogP contribution >= 0.6 is 23.8 Å². The first kappa shape index (κ1) is 21.1. The van der Waals surface area contributed by atoms with E-state index < -0.39 is 0 Å². The molecular weight excluding hydrogens is 411 g/mol. The molecule has 3 aromatic rings. The quantitative estimate of drug-likeness (QED) is 0.500. The summed E-state index contributed by atoms with van der Waals surface area (Å²) < 4.78 is 21.3. The first-order chi connectivity index (χ1) is 13.9. The average Bonchev–Trinajstić information content (AvgIpc) is 2.94. The first-order valence-electron chi connectivity index (χ1n) is 9.16. The van der Waals surface area contributed by atoms with Gasteiger partial charge in [0.1, 0.15) is 11.6 Å². The molecule has 29 heavy (non-hydrogen) atoms. The number of aromatic nitrogens is 2. The standard InChI is InChI=1S/C21H22ClFN4OS/c1-4-28-16-10-8-15(9-11-16)24-21(29)25-20-13(2)26-27(14(20)3)12-17-18(22)6-5-7-19(17)23/h5-11H,4,12H2,1-3H3,(H2,24,25,29). The van der Waals surface area contributed by atoms with Crippen molar-refractivity contribution in [1.29, 1.82) is 0 Å². The predicted octanol–water partition coefficient (Wildman–Crippen LogP) is 5.55. The highest BCUT2D eigenvalue weighted by Gasteiger charge is 2.16. The molecule has 2 N–H and O–H groups in total. The average molecular weight is 433 g/mol. The van der Waals surface area contributed by atoms with Gasteiger partial charge >= 0.3 is 0 Å². The molecule has 0 fully saturated rings. The Morgan fingerprint density at radius 1 is 1.17 bits per heavy atom. The lowest BCUT2D eigenvalue weighted by molar-refractivity contribution is 0.340. The summed E-state index contributed by atoms with van der Waals surface area (Å²) in [5.74, 6) is 0.448. The lowest BCUT2D eigenvalue weighted by atomic mass is 10.2. The third-order valence-electron chi connectivity index (χ3n) is 4.41. The van der Waals surface area contributed by atoms with E-state index in [1.54, 1.807) is 16.8 Å². The molecule has 0 unspecified atom stereocenters. The molecule has 0 aliphatic carbocycles. The van der Waals surface area contributed by atoms with Gasteiger partial charge in [-0.25, -0.2) is 4.39 Å². The molecule has 0 atom stereocenters. The molecule has 1 aromatic heterocycles. The maximum Gasteiger partial charge on any atom is 0.175 e. The van der Waals surface area contributed by atoms with E-state index in [0.29, 0.717) is 22.3 Å². The molecule has 0 aliphatic rings. The van der Waals surface area contributed by atoms with Crippen molar-refractivity contribution in [2.45, 2.75) is 27.3 Å². The van der Waals surface area contributed by atoms with E-state index >= 15 is 0 Å². The van der Waals surface area contributed by atoms with E-state index in [2.05, 4.69) is 15.7 Å². The highest BCUT2D eigenvalue weighted by Crippen LogP contribution is 2.25. The second kappa shape index (κ2) is 9.24. The maximum absolute atomic E-state index is 14.1. The Labute approximate surface area is 179 Å². The molecule has 1 heterocycles. The minimum absolute atomic E-state index is 0.235. The van der Waals surface area contributed by atoms with Gasteiger partial charge in [0, 0.05) is 16.3 Å². The van der Waals surface area contributed by atoms with Crippen LogP contribution in [0.25, 0.3) is 0 Å². The maximum atomic E-state index is 14.1. The van der Waals surface area contributed by atoms with Crippen LogP contribution in [0.5, 0.6) is 5.75 Å². The third-order valence-corrected chi connectivity index (χ3v) is 4.97. The van der Waals surface area contributed by atoms with Crippen LogP contribution in [0.15, 0.2) is 42.5 Å². The number of hydrogen-bond donors (Lipinski definition) is 2. The summed E-state index contributed by atoms with van der Waals surface area (Å²) in [4.78, 5) is 0. The van der Waals surface area contributed by atoms with Gasteiger partial charge in [-0.2, -0.15) is 5.10 Å². The predicted molar refractivity (Wildman–Crippen MR) is 120 cm³/mol. The normalized spacial score (nSPS) is 10.7. The van der Waals surface area contributed by atoms with E-state index in [0.717, 1.165) is 28.5 Å². The van der Waals surface area contributed by atoms with Gasteiger partial charge < -0.3 is 15.4 Å². The SMILES string of the molecule is CCOc1ccc(NC(=S)Nc2c(C)nn(Cc3c(F)cccc3Cl)c2C)cc1. The van der Waals surface area contributed by atoms with E-state index in [1.165, 1.54) is 6.07 Å². The summed E-state index contributed by atoms with van der Waals surface area (Å²) in [6, 6.07) is 12.2. The zero-order valence-electron chi connectivity index (χ0n) is 16.4. The van der Waals surface area contributed by atoms with Crippen molar-refractivity contribution in [2.24, 2.45) is 0 Å². The highest BCUT2D eigenvalue weighted by atomic mass is 35.5. The van der Waals surface area contributed by atoms with Crippen molar-refractivity contribution in [3.63, 3.8) is 0 Å². The largest absolute Gasteiger partial charge is 0.494 e. The number of benzene rings is 2. The first-order valence-corrected chi connectivity index (χ1v) is 9.95. The second-order valence-corrected chi connectivity index (χ2v) is 7.26. The topological polar surface area (TPSA) is 51.1 Å². The minimum Gasteiger partial charge on any atom is -0.494 e. The van der Waals surface area contributed by atoms with Crippen molar-refractivity contribution in [1.82, 2.24) is 9.78 Å². The summed E-state index contributed by atoms with van der Waals surface area (Å²) in [6.45, 7) is 6.56. The van der Waals surface area contributed by atoms with Gasteiger partial charge in [0.2, 0.25) is 0 Å². The molecule has 0 spiro atoms. The van der Waals surface area contributed by atoms with Crippen molar-refractivity contribution < 1.29 is 9.13 Å². The number of anilines is 2. The van der Waals surface area contributed by atoms with Crippen LogP contribution in [-0.4, -0.2) is 21.5 Å². The Bertz CT molecular complexity index is 1000. The van der Waals surface area contributed by atoms with Crippen LogP contribution in [0.4, 0.5) is 15.8 Å². The van der Waals surface area contributed by atoms with Crippen LogP contribution in [0.2, 0.25) is 5.02 Å². The fourth-order valence-electron chi connectivity index (χ4n) is 2.94. The van der Waals surface area contributed by atoms with Crippen molar-refractivity contribution in [3.8, 4) is 5.75 Å². The molecule has 3 rings (SSSR count). The highest BCUT2D eigenvalue weighted by molar-refractivity contribution is 7.80. The fraction of sp³-hybridized carbons (Fsp3) is 0.238. The molecular formula is C21H22ClFN4OS. The van der Waals surface area contributed by atoms with Crippen molar-refractivity contribution >= 4 is 40.3 Å². The van der Waals surface area contributed by atoms with E-state index in [1.807, 2.05) is 45.0 Å². The summed E-state index contributed by atoms with van der Waals surface area (Å²) in [7, 11) is 0. The smallest absolute Gasteiger partial charge is 0.175 e. The molecule has 0 amide bonds. The number of hydrogen-bond acceptors (Lipinski definition) is 3. The Kier molecular flexibility index (Phi) is 6.71. The Balaban J connectivity index is 1.72. The zero-order chi connectivity index (χ0) is 21.0. The fourth-order valence-corrected chi connectivity index (χ4v) is 3.38.